The lowest BCUT2D eigenvalue weighted by Gasteiger charge is -2.20. The molecule has 0 aliphatic carbocycles. The SMILES string of the molecule is Cc1cc2c(NCC(C)N(C)C)nccn2n1. The molecule has 0 aliphatic rings. The highest BCUT2D eigenvalue weighted by atomic mass is 15.2. The van der Waals surface area contributed by atoms with Crippen molar-refractivity contribution in [3.8, 4) is 0 Å². The molecule has 5 heteroatoms. The van der Waals surface area contributed by atoms with Gasteiger partial charge >= 0.3 is 0 Å². The zero-order valence-electron chi connectivity index (χ0n) is 10.8. The highest BCUT2D eigenvalue weighted by molar-refractivity contribution is 5.67. The van der Waals surface area contributed by atoms with Gasteiger partial charge in [0.1, 0.15) is 5.52 Å². The van der Waals surface area contributed by atoms with Gasteiger partial charge in [-0.15, -0.1) is 0 Å². The largest absolute Gasteiger partial charge is 0.367 e. The van der Waals surface area contributed by atoms with E-state index >= 15 is 0 Å². The van der Waals surface area contributed by atoms with Crippen molar-refractivity contribution in [2.45, 2.75) is 19.9 Å². The van der Waals surface area contributed by atoms with Gasteiger partial charge in [-0.3, -0.25) is 0 Å². The van der Waals surface area contributed by atoms with E-state index in [0.29, 0.717) is 6.04 Å². The van der Waals surface area contributed by atoms with Gasteiger partial charge in [-0.25, -0.2) is 9.50 Å². The van der Waals surface area contributed by atoms with E-state index in [0.717, 1.165) is 23.6 Å². The number of rotatable bonds is 4. The predicted octanol–water partition coefficient (Wildman–Crippen LogP) is 1.40. The van der Waals surface area contributed by atoms with Gasteiger partial charge in [0.2, 0.25) is 0 Å². The Kier molecular flexibility index (Phi) is 3.28. The number of fused-ring (bicyclic) bond motifs is 1. The second-order valence-electron chi connectivity index (χ2n) is 4.58. The van der Waals surface area contributed by atoms with E-state index in [1.54, 1.807) is 6.20 Å². The molecule has 0 amide bonds. The number of anilines is 1. The van der Waals surface area contributed by atoms with Crippen LogP contribution in [0.2, 0.25) is 0 Å². The van der Waals surface area contributed by atoms with Crippen LogP contribution in [0.15, 0.2) is 18.5 Å². The van der Waals surface area contributed by atoms with Crippen molar-refractivity contribution in [1.82, 2.24) is 19.5 Å². The van der Waals surface area contributed by atoms with Crippen LogP contribution < -0.4 is 5.32 Å². The summed E-state index contributed by atoms with van der Waals surface area (Å²) in [5.41, 5.74) is 2.03. The first-order chi connectivity index (χ1) is 8.08. The van der Waals surface area contributed by atoms with Gasteiger partial charge in [-0.05, 0) is 34.0 Å². The van der Waals surface area contributed by atoms with Crippen molar-refractivity contribution in [2.24, 2.45) is 0 Å². The number of likely N-dealkylation sites (N-methyl/N-ethyl adjacent to an activating group) is 1. The minimum atomic E-state index is 0.459. The molecule has 0 radical (unpaired) electrons. The van der Waals surface area contributed by atoms with Crippen LogP contribution in [0.1, 0.15) is 12.6 Å². The fourth-order valence-electron chi connectivity index (χ4n) is 1.61. The van der Waals surface area contributed by atoms with Crippen LogP contribution in [0, 0.1) is 6.92 Å². The van der Waals surface area contributed by atoms with E-state index in [1.807, 2.05) is 23.7 Å². The maximum atomic E-state index is 4.36. The van der Waals surface area contributed by atoms with Crippen LogP contribution in [-0.2, 0) is 0 Å². The first-order valence-corrected chi connectivity index (χ1v) is 5.79. The molecule has 0 aromatic carbocycles. The van der Waals surface area contributed by atoms with E-state index in [-0.39, 0.29) is 0 Å². The fraction of sp³-hybridized carbons (Fsp3) is 0.500. The minimum Gasteiger partial charge on any atom is -0.367 e. The Morgan fingerprint density at radius 2 is 2.24 bits per heavy atom. The third-order valence-electron chi connectivity index (χ3n) is 2.96. The highest BCUT2D eigenvalue weighted by Crippen LogP contribution is 2.14. The second-order valence-corrected chi connectivity index (χ2v) is 4.58. The number of aromatic nitrogens is 3. The maximum absolute atomic E-state index is 4.36. The molecular formula is C12H19N5. The monoisotopic (exact) mass is 233 g/mol. The molecule has 0 fully saturated rings. The Morgan fingerprint density at radius 3 is 2.94 bits per heavy atom. The van der Waals surface area contributed by atoms with Gasteiger partial charge in [0, 0.05) is 25.0 Å². The van der Waals surface area contributed by atoms with Crippen LogP contribution in [0.3, 0.4) is 0 Å². The van der Waals surface area contributed by atoms with Crippen molar-refractivity contribution in [3.63, 3.8) is 0 Å². The van der Waals surface area contributed by atoms with Crippen molar-refractivity contribution < 1.29 is 0 Å². The van der Waals surface area contributed by atoms with Crippen molar-refractivity contribution in [3.05, 3.63) is 24.2 Å². The summed E-state index contributed by atoms with van der Waals surface area (Å²) < 4.78 is 1.85. The number of nitrogens with zero attached hydrogens (tertiary/aromatic N) is 4. The van der Waals surface area contributed by atoms with Crippen LogP contribution in [-0.4, -0.2) is 46.2 Å². The second kappa shape index (κ2) is 4.71. The van der Waals surface area contributed by atoms with E-state index in [1.165, 1.54) is 0 Å². The van der Waals surface area contributed by atoms with Crippen molar-refractivity contribution in [2.75, 3.05) is 26.0 Å². The van der Waals surface area contributed by atoms with Crippen LogP contribution >= 0.6 is 0 Å². The Bertz CT molecular complexity index is 503. The normalized spacial score (nSPS) is 13.2. The molecule has 17 heavy (non-hydrogen) atoms. The quantitative estimate of drug-likeness (QED) is 0.867. The van der Waals surface area contributed by atoms with Crippen molar-refractivity contribution in [1.29, 1.82) is 0 Å². The smallest absolute Gasteiger partial charge is 0.152 e. The van der Waals surface area contributed by atoms with Gasteiger partial charge in [0.05, 0.1) is 5.69 Å². The summed E-state index contributed by atoms with van der Waals surface area (Å²) in [6.07, 6.45) is 3.63. The van der Waals surface area contributed by atoms with Gasteiger partial charge < -0.3 is 10.2 Å². The molecule has 2 aromatic rings. The minimum absolute atomic E-state index is 0.459. The molecule has 1 N–H and O–H groups in total. The first-order valence-electron chi connectivity index (χ1n) is 5.79. The Hall–Kier alpha value is -1.62. The molecule has 0 spiro atoms. The summed E-state index contributed by atoms with van der Waals surface area (Å²) >= 11 is 0. The lowest BCUT2D eigenvalue weighted by atomic mass is 10.3. The molecule has 0 bridgehead atoms. The molecular weight excluding hydrogens is 214 g/mol. The Labute approximate surface area is 101 Å². The first kappa shape index (κ1) is 11.9. The lowest BCUT2D eigenvalue weighted by Crippen LogP contribution is -2.31. The third-order valence-corrected chi connectivity index (χ3v) is 2.96. The summed E-state index contributed by atoms with van der Waals surface area (Å²) in [4.78, 5) is 6.54. The van der Waals surface area contributed by atoms with Crippen LogP contribution in [0.25, 0.3) is 5.52 Å². The molecule has 1 unspecified atom stereocenters. The van der Waals surface area contributed by atoms with Crippen LogP contribution in [0.5, 0.6) is 0 Å². The topological polar surface area (TPSA) is 45.5 Å². The van der Waals surface area contributed by atoms with Crippen molar-refractivity contribution >= 4 is 11.3 Å². The fourth-order valence-corrected chi connectivity index (χ4v) is 1.61. The molecule has 2 heterocycles. The summed E-state index contributed by atoms with van der Waals surface area (Å²) in [7, 11) is 4.15. The molecule has 0 saturated carbocycles. The Balaban J connectivity index is 2.18. The average Bonchev–Trinajstić information content (AvgIpc) is 2.66. The maximum Gasteiger partial charge on any atom is 0.152 e. The zero-order valence-corrected chi connectivity index (χ0v) is 10.8. The van der Waals surface area contributed by atoms with E-state index in [9.17, 15) is 0 Å². The molecule has 1 atom stereocenters. The van der Waals surface area contributed by atoms with Gasteiger partial charge in [-0.1, -0.05) is 0 Å². The van der Waals surface area contributed by atoms with Crippen LogP contribution in [0.4, 0.5) is 5.82 Å². The van der Waals surface area contributed by atoms with E-state index in [2.05, 4.69) is 41.3 Å². The summed E-state index contributed by atoms with van der Waals surface area (Å²) in [6, 6.07) is 2.50. The molecule has 2 aromatic heterocycles. The average molecular weight is 233 g/mol. The van der Waals surface area contributed by atoms with Gasteiger partial charge in [0.15, 0.2) is 5.82 Å². The summed E-state index contributed by atoms with van der Waals surface area (Å²) in [6.45, 7) is 5.03. The third kappa shape index (κ3) is 2.55. The predicted molar refractivity (Wildman–Crippen MR) is 69.4 cm³/mol. The summed E-state index contributed by atoms with van der Waals surface area (Å²) in [5, 5.41) is 7.73. The molecule has 0 aliphatic heterocycles. The van der Waals surface area contributed by atoms with Gasteiger partial charge in [-0.2, -0.15) is 5.10 Å². The molecule has 2 rings (SSSR count). The number of aryl methyl sites for hydroxylation is 1. The Morgan fingerprint density at radius 1 is 1.47 bits per heavy atom. The number of hydrogen-bond acceptors (Lipinski definition) is 4. The number of hydrogen-bond donors (Lipinski definition) is 1. The number of nitrogens with one attached hydrogen (secondary N) is 1. The van der Waals surface area contributed by atoms with E-state index < -0.39 is 0 Å². The standard InChI is InChI=1S/C12H19N5/c1-9-7-11-12(13-5-6-17(11)15-9)14-8-10(2)16(3)4/h5-7,10H,8H2,1-4H3,(H,13,14). The molecule has 5 nitrogen and oxygen atoms in total. The zero-order chi connectivity index (χ0) is 12.4. The molecule has 0 saturated heterocycles. The molecule has 92 valence electrons. The lowest BCUT2D eigenvalue weighted by molar-refractivity contribution is 0.326. The summed E-state index contributed by atoms with van der Waals surface area (Å²) in [5.74, 6) is 0.891. The highest BCUT2D eigenvalue weighted by Gasteiger charge is 2.08. The van der Waals surface area contributed by atoms with Gasteiger partial charge in [0.25, 0.3) is 0 Å². The van der Waals surface area contributed by atoms with E-state index in [4.69, 9.17) is 0 Å².